The summed E-state index contributed by atoms with van der Waals surface area (Å²) in [6.45, 7) is 6.74. The summed E-state index contributed by atoms with van der Waals surface area (Å²) in [6, 6.07) is 0.0429. The summed E-state index contributed by atoms with van der Waals surface area (Å²) in [5.74, 6) is 0. The van der Waals surface area contributed by atoms with Crippen LogP contribution in [-0.2, 0) is 5.41 Å². The van der Waals surface area contributed by atoms with Crippen molar-refractivity contribution < 1.29 is 5.11 Å². The molecule has 0 bridgehead atoms. The molecule has 0 fully saturated rings. The lowest BCUT2D eigenvalue weighted by Crippen LogP contribution is -2.22. The molecule has 0 aliphatic heterocycles. The van der Waals surface area contributed by atoms with E-state index >= 15 is 0 Å². The molecule has 1 aromatic heterocycles. The molecular formula is C15H28N2O. The van der Waals surface area contributed by atoms with E-state index in [1.54, 1.807) is 0 Å². The summed E-state index contributed by atoms with van der Waals surface area (Å²) in [5.41, 5.74) is 1.13. The zero-order chi connectivity index (χ0) is 13.4. The SMILES string of the molecule is CCCCCCC(C)(CCCC)c1c[nH]c(O)n1. The van der Waals surface area contributed by atoms with Gasteiger partial charge < -0.3 is 10.1 Å². The van der Waals surface area contributed by atoms with Gasteiger partial charge in [0.1, 0.15) is 0 Å². The number of imidazole rings is 1. The van der Waals surface area contributed by atoms with Crippen molar-refractivity contribution in [2.75, 3.05) is 0 Å². The lowest BCUT2D eigenvalue weighted by molar-refractivity contribution is 0.357. The number of unbranched alkanes of at least 4 members (excludes halogenated alkanes) is 4. The second-order valence-electron chi connectivity index (χ2n) is 5.58. The van der Waals surface area contributed by atoms with Crippen LogP contribution in [0.25, 0.3) is 0 Å². The number of hydrogen-bond acceptors (Lipinski definition) is 2. The maximum Gasteiger partial charge on any atom is 0.291 e. The Balaban J connectivity index is 2.62. The van der Waals surface area contributed by atoms with Crippen LogP contribution in [0.1, 0.15) is 77.8 Å². The van der Waals surface area contributed by atoms with Gasteiger partial charge in [-0.2, -0.15) is 0 Å². The molecule has 0 spiro atoms. The molecule has 104 valence electrons. The Labute approximate surface area is 111 Å². The third kappa shape index (κ3) is 4.35. The highest BCUT2D eigenvalue weighted by Crippen LogP contribution is 2.34. The number of aromatic nitrogens is 2. The summed E-state index contributed by atoms with van der Waals surface area (Å²) in [4.78, 5) is 7.03. The van der Waals surface area contributed by atoms with Crippen LogP contribution in [0.3, 0.4) is 0 Å². The molecule has 18 heavy (non-hydrogen) atoms. The van der Waals surface area contributed by atoms with Crippen molar-refractivity contribution in [3.63, 3.8) is 0 Å². The lowest BCUT2D eigenvalue weighted by Gasteiger charge is -2.27. The Morgan fingerprint density at radius 2 is 1.78 bits per heavy atom. The number of H-pyrrole nitrogens is 1. The van der Waals surface area contributed by atoms with Gasteiger partial charge in [0.2, 0.25) is 0 Å². The zero-order valence-electron chi connectivity index (χ0n) is 12.1. The first kappa shape index (κ1) is 15.1. The molecule has 0 radical (unpaired) electrons. The van der Waals surface area contributed by atoms with Crippen molar-refractivity contribution in [2.45, 2.75) is 77.6 Å². The first-order chi connectivity index (χ1) is 8.62. The summed E-state index contributed by atoms with van der Waals surface area (Å²) < 4.78 is 0. The van der Waals surface area contributed by atoms with Gasteiger partial charge in [0.15, 0.2) is 0 Å². The number of hydrogen-bond donors (Lipinski definition) is 2. The number of nitrogens with one attached hydrogen (secondary N) is 1. The van der Waals surface area contributed by atoms with E-state index < -0.39 is 0 Å². The number of aromatic amines is 1. The molecule has 1 unspecified atom stereocenters. The third-order valence-corrected chi connectivity index (χ3v) is 3.85. The highest BCUT2D eigenvalue weighted by atomic mass is 16.3. The van der Waals surface area contributed by atoms with Gasteiger partial charge in [0.25, 0.3) is 6.01 Å². The lowest BCUT2D eigenvalue weighted by atomic mass is 9.77. The quantitative estimate of drug-likeness (QED) is 0.634. The third-order valence-electron chi connectivity index (χ3n) is 3.85. The van der Waals surface area contributed by atoms with Gasteiger partial charge in [-0.3, -0.25) is 0 Å². The van der Waals surface area contributed by atoms with Crippen molar-refractivity contribution in [1.82, 2.24) is 9.97 Å². The highest BCUT2D eigenvalue weighted by molar-refractivity contribution is 5.15. The van der Waals surface area contributed by atoms with Gasteiger partial charge in [0.05, 0.1) is 5.69 Å². The van der Waals surface area contributed by atoms with Crippen molar-refractivity contribution in [1.29, 1.82) is 0 Å². The van der Waals surface area contributed by atoms with Crippen LogP contribution in [0.2, 0.25) is 0 Å². The van der Waals surface area contributed by atoms with E-state index in [1.165, 1.54) is 38.5 Å². The smallest absolute Gasteiger partial charge is 0.291 e. The van der Waals surface area contributed by atoms with Crippen molar-refractivity contribution in [3.8, 4) is 6.01 Å². The average molecular weight is 252 g/mol. The second-order valence-corrected chi connectivity index (χ2v) is 5.58. The number of nitrogens with zero attached hydrogens (tertiary/aromatic N) is 1. The van der Waals surface area contributed by atoms with Crippen LogP contribution in [-0.4, -0.2) is 15.1 Å². The topological polar surface area (TPSA) is 48.9 Å². The van der Waals surface area contributed by atoms with Gasteiger partial charge in [-0.1, -0.05) is 59.3 Å². The Morgan fingerprint density at radius 3 is 2.33 bits per heavy atom. The minimum atomic E-state index is 0.0429. The first-order valence-corrected chi connectivity index (χ1v) is 7.37. The zero-order valence-corrected chi connectivity index (χ0v) is 12.1. The van der Waals surface area contributed by atoms with E-state index in [2.05, 4.69) is 30.7 Å². The molecular weight excluding hydrogens is 224 g/mol. The standard InChI is InChI=1S/C15H28N2O/c1-4-6-8-9-11-15(3,10-7-5-2)13-12-16-14(18)17-13/h12H,4-11H2,1-3H3,(H2,16,17,18). The van der Waals surface area contributed by atoms with E-state index in [9.17, 15) is 5.11 Å². The molecule has 0 aliphatic carbocycles. The van der Waals surface area contributed by atoms with Gasteiger partial charge in [-0.25, -0.2) is 4.98 Å². The monoisotopic (exact) mass is 252 g/mol. The van der Waals surface area contributed by atoms with E-state index in [0.29, 0.717) is 0 Å². The molecule has 0 aliphatic rings. The van der Waals surface area contributed by atoms with Gasteiger partial charge in [-0.05, 0) is 12.8 Å². The van der Waals surface area contributed by atoms with Gasteiger partial charge in [0, 0.05) is 11.6 Å². The Bertz CT molecular complexity index is 335. The summed E-state index contributed by atoms with van der Waals surface area (Å²) in [6.07, 6.45) is 11.8. The Hall–Kier alpha value is -0.990. The summed E-state index contributed by atoms with van der Waals surface area (Å²) in [7, 11) is 0. The van der Waals surface area contributed by atoms with E-state index in [4.69, 9.17) is 0 Å². The number of rotatable bonds is 9. The molecule has 3 heteroatoms. The fourth-order valence-electron chi connectivity index (χ4n) is 2.51. The van der Waals surface area contributed by atoms with Crippen LogP contribution in [0.15, 0.2) is 6.20 Å². The first-order valence-electron chi connectivity index (χ1n) is 7.37. The van der Waals surface area contributed by atoms with Gasteiger partial charge >= 0.3 is 0 Å². The number of aromatic hydroxyl groups is 1. The largest absolute Gasteiger partial charge is 0.480 e. The van der Waals surface area contributed by atoms with Crippen LogP contribution in [0.4, 0.5) is 0 Å². The average Bonchev–Trinajstić information content (AvgIpc) is 2.80. The second kappa shape index (κ2) is 7.45. The minimum Gasteiger partial charge on any atom is -0.480 e. The predicted octanol–water partition coefficient (Wildman–Crippen LogP) is 4.53. The highest BCUT2D eigenvalue weighted by Gasteiger charge is 2.28. The molecule has 1 aromatic rings. The molecule has 3 nitrogen and oxygen atoms in total. The van der Waals surface area contributed by atoms with Gasteiger partial charge in [-0.15, -0.1) is 0 Å². The molecule has 1 atom stereocenters. The molecule has 2 N–H and O–H groups in total. The molecule has 0 aromatic carbocycles. The van der Waals surface area contributed by atoms with Crippen LogP contribution in [0, 0.1) is 0 Å². The summed E-state index contributed by atoms with van der Waals surface area (Å²) >= 11 is 0. The molecule has 0 saturated heterocycles. The molecule has 0 amide bonds. The Morgan fingerprint density at radius 1 is 1.11 bits per heavy atom. The fraction of sp³-hybridized carbons (Fsp3) is 0.800. The molecule has 1 rings (SSSR count). The van der Waals surface area contributed by atoms with E-state index in [-0.39, 0.29) is 11.4 Å². The normalized spacial score (nSPS) is 14.6. The van der Waals surface area contributed by atoms with Crippen molar-refractivity contribution in [2.24, 2.45) is 0 Å². The molecule has 1 heterocycles. The minimum absolute atomic E-state index is 0.0429. The van der Waals surface area contributed by atoms with Crippen LogP contribution in [0.5, 0.6) is 6.01 Å². The van der Waals surface area contributed by atoms with E-state index in [0.717, 1.165) is 18.5 Å². The summed E-state index contributed by atoms with van der Waals surface area (Å²) in [5, 5.41) is 9.38. The maximum absolute atomic E-state index is 9.38. The predicted molar refractivity (Wildman–Crippen MR) is 75.9 cm³/mol. The fourth-order valence-corrected chi connectivity index (χ4v) is 2.51. The maximum atomic E-state index is 9.38. The van der Waals surface area contributed by atoms with Crippen LogP contribution < -0.4 is 0 Å². The Kier molecular flexibility index (Phi) is 6.23. The molecule has 0 saturated carbocycles. The van der Waals surface area contributed by atoms with E-state index in [1.807, 2.05) is 6.20 Å². The van der Waals surface area contributed by atoms with Crippen LogP contribution >= 0.6 is 0 Å². The van der Waals surface area contributed by atoms with Crippen molar-refractivity contribution in [3.05, 3.63) is 11.9 Å². The van der Waals surface area contributed by atoms with Crippen molar-refractivity contribution >= 4 is 0 Å².